The second-order valence-corrected chi connectivity index (χ2v) is 9.27. The Morgan fingerprint density at radius 1 is 0.889 bits per heavy atom. The molecule has 1 heterocycles. The van der Waals surface area contributed by atoms with E-state index in [2.05, 4.69) is 10.2 Å². The highest BCUT2D eigenvalue weighted by Crippen LogP contribution is 2.24. The number of carbonyl (C=O) groups excluding carboxylic acids is 1. The van der Waals surface area contributed by atoms with Gasteiger partial charge >= 0.3 is 12.0 Å². The van der Waals surface area contributed by atoms with Crippen LogP contribution in [0.4, 0.5) is 4.79 Å². The summed E-state index contributed by atoms with van der Waals surface area (Å²) in [5, 5.41) is 12.9. The number of urea groups is 1. The highest BCUT2D eigenvalue weighted by molar-refractivity contribution is 6.30. The highest BCUT2D eigenvalue weighted by Gasteiger charge is 2.22. The van der Waals surface area contributed by atoms with E-state index in [0.29, 0.717) is 37.8 Å². The smallest absolute Gasteiger partial charge is 0.317 e. The fraction of sp³-hybridized carbons (Fsp3) is 0.286. The van der Waals surface area contributed by atoms with Crippen molar-refractivity contribution in [2.24, 2.45) is 0 Å². The Morgan fingerprint density at radius 3 is 2.28 bits per heavy atom. The van der Waals surface area contributed by atoms with Gasteiger partial charge in [-0.3, -0.25) is 9.69 Å². The van der Waals surface area contributed by atoms with Crippen molar-refractivity contribution in [3.63, 3.8) is 0 Å². The van der Waals surface area contributed by atoms with Crippen molar-refractivity contribution >= 4 is 23.6 Å². The predicted molar refractivity (Wildman–Crippen MR) is 139 cm³/mol. The normalized spacial score (nSPS) is 13.9. The lowest BCUT2D eigenvalue weighted by Gasteiger charge is -2.35. The Morgan fingerprint density at radius 2 is 1.58 bits per heavy atom. The first-order chi connectivity index (χ1) is 17.5. The Bertz CT molecular complexity index is 1160. The zero-order chi connectivity index (χ0) is 25.3. The molecule has 188 valence electrons. The molecule has 3 aromatic carbocycles. The summed E-state index contributed by atoms with van der Waals surface area (Å²) in [5.41, 5.74) is 3.73. The van der Waals surface area contributed by atoms with Crippen LogP contribution in [-0.2, 0) is 30.9 Å². The van der Waals surface area contributed by atoms with Crippen LogP contribution in [0.25, 0.3) is 0 Å². The van der Waals surface area contributed by atoms with Crippen molar-refractivity contribution in [1.29, 1.82) is 0 Å². The summed E-state index contributed by atoms with van der Waals surface area (Å²) < 4.78 is 6.11. The van der Waals surface area contributed by atoms with E-state index in [4.69, 9.17) is 16.3 Å². The number of benzene rings is 3. The molecule has 0 radical (unpaired) electrons. The van der Waals surface area contributed by atoms with Crippen LogP contribution >= 0.6 is 11.6 Å². The van der Waals surface area contributed by atoms with Gasteiger partial charge in [-0.25, -0.2) is 4.79 Å². The van der Waals surface area contributed by atoms with Crippen molar-refractivity contribution in [2.75, 3.05) is 26.2 Å². The SMILES string of the molecule is O=C(O)Cc1ccc(OCc2ccc(Cl)cc2)c(CN2CCN(C(=O)NCc3ccccc3)CC2)c1. The molecular formula is C28H30ClN3O4. The van der Waals surface area contributed by atoms with Crippen LogP contribution in [0.2, 0.25) is 5.02 Å². The summed E-state index contributed by atoms with van der Waals surface area (Å²) in [6.45, 7) is 4.19. The number of hydrogen-bond donors (Lipinski definition) is 2. The van der Waals surface area contributed by atoms with Crippen LogP contribution in [0, 0.1) is 0 Å². The maximum Gasteiger partial charge on any atom is 0.317 e. The van der Waals surface area contributed by atoms with Gasteiger partial charge in [0.1, 0.15) is 12.4 Å². The molecule has 1 aliphatic heterocycles. The number of carbonyl (C=O) groups is 2. The van der Waals surface area contributed by atoms with E-state index in [0.717, 1.165) is 41.1 Å². The summed E-state index contributed by atoms with van der Waals surface area (Å²) in [6.07, 6.45) is -0.0418. The number of amides is 2. The number of rotatable bonds is 9. The molecule has 0 atom stereocenters. The number of hydrogen-bond acceptors (Lipinski definition) is 4. The molecule has 0 aliphatic carbocycles. The molecule has 3 aromatic rings. The van der Waals surface area contributed by atoms with E-state index in [-0.39, 0.29) is 12.5 Å². The molecule has 1 fully saturated rings. The van der Waals surface area contributed by atoms with E-state index in [1.807, 2.05) is 71.6 Å². The van der Waals surface area contributed by atoms with Gasteiger partial charge in [-0.05, 0) is 34.9 Å². The van der Waals surface area contributed by atoms with Crippen molar-refractivity contribution in [2.45, 2.75) is 26.1 Å². The number of nitrogens with one attached hydrogen (secondary N) is 1. The zero-order valence-corrected chi connectivity index (χ0v) is 20.8. The molecule has 2 amide bonds. The van der Waals surface area contributed by atoms with Crippen LogP contribution in [0.15, 0.2) is 72.8 Å². The second kappa shape index (κ2) is 12.4. The molecule has 36 heavy (non-hydrogen) atoms. The lowest BCUT2D eigenvalue weighted by atomic mass is 10.1. The average Bonchev–Trinajstić information content (AvgIpc) is 2.88. The first kappa shape index (κ1) is 25.5. The molecule has 0 saturated carbocycles. The molecule has 7 nitrogen and oxygen atoms in total. The minimum atomic E-state index is -0.870. The maximum absolute atomic E-state index is 12.6. The molecule has 0 bridgehead atoms. The van der Waals surface area contributed by atoms with E-state index in [9.17, 15) is 14.7 Å². The van der Waals surface area contributed by atoms with Gasteiger partial charge in [0.15, 0.2) is 0 Å². The quantitative estimate of drug-likeness (QED) is 0.443. The molecule has 1 aliphatic rings. The van der Waals surface area contributed by atoms with E-state index in [1.54, 1.807) is 6.07 Å². The average molecular weight is 508 g/mol. The number of carboxylic acids is 1. The first-order valence-electron chi connectivity index (χ1n) is 12.0. The fourth-order valence-corrected chi connectivity index (χ4v) is 4.28. The summed E-state index contributed by atoms with van der Waals surface area (Å²) in [6, 6.07) is 22.8. The Balaban J connectivity index is 1.35. The Labute approximate surface area is 216 Å². The topological polar surface area (TPSA) is 82.1 Å². The highest BCUT2D eigenvalue weighted by atomic mass is 35.5. The monoisotopic (exact) mass is 507 g/mol. The van der Waals surface area contributed by atoms with Crippen molar-refractivity contribution in [1.82, 2.24) is 15.1 Å². The van der Waals surface area contributed by atoms with Gasteiger partial charge in [-0.1, -0.05) is 66.2 Å². The van der Waals surface area contributed by atoms with Crippen LogP contribution in [0.1, 0.15) is 22.3 Å². The summed E-state index contributed by atoms with van der Waals surface area (Å²) in [5.74, 6) is -0.145. The molecular weight excluding hydrogens is 478 g/mol. The van der Waals surface area contributed by atoms with Gasteiger partial charge in [0.25, 0.3) is 0 Å². The Kier molecular flexibility index (Phi) is 8.81. The molecule has 0 aromatic heterocycles. The number of carboxylic acid groups (broad SMARTS) is 1. The van der Waals surface area contributed by atoms with Gasteiger partial charge in [0.2, 0.25) is 0 Å². The van der Waals surface area contributed by atoms with Crippen LogP contribution in [0.5, 0.6) is 5.75 Å². The maximum atomic E-state index is 12.6. The van der Waals surface area contributed by atoms with Crippen LogP contribution in [0.3, 0.4) is 0 Å². The zero-order valence-electron chi connectivity index (χ0n) is 20.0. The lowest BCUT2D eigenvalue weighted by molar-refractivity contribution is -0.136. The summed E-state index contributed by atoms with van der Waals surface area (Å²) >= 11 is 5.97. The van der Waals surface area contributed by atoms with Gasteiger partial charge in [0, 0.05) is 49.9 Å². The van der Waals surface area contributed by atoms with Crippen molar-refractivity contribution < 1.29 is 19.4 Å². The van der Waals surface area contributed by atoms with Crippen molar-refractivity contribution in [3.8, 4) is 5.75 Å². The second-order valence-electron chi connectivity index (χ2n) is 8.84. The standard InChI is InChI=1S/C28H30ClN3O4/c29-25-9-6-22(7-10-25)20-36-26-11-8-23(17-27(33)34)16-24(26)19-31-12-14-32(15-13-31)28(35)30-18-21-4-2-1-3-5-21/h1-11,16H,12-15,17-20H2,(H,30,35)(H,33,34). The summed E-state index contributed by atoms with van der Waals surface area (Å²) in [7, 11) is 0. The molecule has 4 rings (SSSR count). The first-order valence-corrected chi connectivity index (χ1v) is 12.3. The number of aliphatic carboxylic acids is 1. The van der Waals surface area contributed by atoms with Gasteiger partial charge in [-0.2, -0.15) is 0 Å². The number of ether oxygens (including phenoxy) is 1. The third kappa shape index (κ3) is 7.47. The Hall–Kier alpha value is -3.55. The van der Waals surface area contributed by atoms with Gasteiger partial charge < -0.3 is 20.1 Å². The van der Waals surface area contributed by atoms with E-state index < -0.39 is 5.97 Å². The predicted octanol–water partition coefficient (Wildman–Crippen LogP) is 4.57. The largest absolute Gasteiger partial charge is 0.489 e. The van der Waals surface area contributed by atoms with Crippen LogP contribution in [-0.4, -0.2) is 53.1 Å². The number of piperazine rings is 1. The van der Waals surface area contributed by atoms with E-state index >= 15 is 0 Å². The summed E-state index contributed by atoms with van der Waals surface area (Å²) in [4.78, 5) is 27.9. The fourth-order valence-electron chi connectivity index (χ4n) is 4.16. The third-order valence-electron chi connectivity index (χ3n) is 6.13. The number of halogens is 1. The molecule has 1 saturated heterocycles. The van der Waals surface area contributed by atoms with Crippen molar-refractivity contribution in [3.05, 3.63) is 100 Å². The van der Waals surface area contributed by atoms with Gasteiger partial charge in [-0.15, -0.1) is 0 Å². The van der Waals surface area contributed by atoms with Crippen LogP contribution < -0.4 is 10.1 Å². The minimum Gasteiger partial charge on any atom is -0.489 e. The number of nitrogens with zero attached hydrogens (tertiary/aromatic N) is 2. The molecule has 0 unspecified atom stereocenters. The third-order valence-corrected chi connectivity index (χ3v) is 6.38. The van der Waals surface area contributed by atoms with E-state index in [1.165, 1.54) is 0 Å². The molecule has 0 spiro atoms. The molecule has 8 heteroatoms. The van der Waals surface area contributed by atoms with Gasteiger partial charge in [0.05, 0.1) is 6.42 Å². The lowest BCUT2D eigenvalue weighted by Crippen LogP contribution is -2.51. The minimum absolute atomic E-state index is 0.0418. The molecule has 2 N–H and O–H groups in total.